The Morgan fingerprint density at radius 2 is 1.89 bits per heavy atom. The summed E-state index contributed by atoms with van der Waals surface area (Å²) in [7, 11) is 0. The quantitative estimate of drug-likeness (QED) is 0.357. The SMILES string of the molecule is CCCCSCCC(OC(=O)/C=C/C(=O)O)C(=O)O. The Labute approximate surface area is 115 Å². The first-order valence-corrected chi connectivity index (χ1v) is 7.05. The third kappa shape index (κ3) is 10.1. The molecule has 0 spiro atoms. The molecule has 0 aliphatic rings. The smallest absolute Gasteiger partial charge is 0.345 e. The van der Waals surface area contributed by atoms with Gasteiger partial charge in [0.15, 0.2) is 6.10 Å². The Morgan fingerprint density at radius 1 is 1.21 bits per heavy atom. The number of thioether (sulfide) groups is 1. The molecule has 1 unspecified atom stereocenters. The Hall–Kier alpha value is -1.50. The van der Waals surface area contributed by atoms with Crippen LogP contribution in [0.15, 0.2) is 12.2 Å². The topological polar surface area (TPSA) is 101 Å². The molecule has 0 radical (unpaired) electrons. The molecule has 6 nitrogen and oxygen atoms in total. The first kappa shape index (κ1) is 17.5. The second kappa shape index (κ2) is 10.4. The van der Waals surface area contributed by atoms with Crippen molar-refractivity contribution < 1.29 is 29.3 Å². The van der Waals surface area contributed by atoms with Crippen LogP contribution < -0.4 is 0 Å². The van der Waals surface area contributed by atoms with E-state index in [0.29, 0.717) is 17.9 Å². The molecule has 7 heteroatoms. The van der Waals surface area contributed by atoms with Crippen LogP contribution in [0, 0.1) is 0 Å². The van der Waals surface area contributed by atoms with Gasteiger partial charge in [0.2, 0.25) is 0 Å². The predicted octanol–water partition coefficient (Wildman–Crippen LogP) is 1.55. The van der Waals surface area contributed by atoms with Crippen molar-refractivity contribution in [3.63, 3.8) is 0 Å². The molecule has 0 aliphatic heterocycles. The van der Waals surface area contributed by atoms with Gasteiger partial charge in [0, 0.05) is 18.6 Å². The van der Waals surface area contributed by atoms with Crippen molar-refractivity contribution in [1.29, 1.82) is 0 Å². The van der Waals surface area contributed by atoms with Crippen molar-refractivity contribution in [3.8, 4) is 0 Å². The molecule has 0 saturated carbocycles. The van der Waals surface area contributed by atoms with Gasteiger partial charge < -0.3 is 14.9 Å². The molecule has 108 valence electrons. The molecule has 0 bridgehead atoms. The number of rotatable bonds is 10. The van der Waals surface area contributed by atoms with E-state index in [1.54, 1.807) is 11.8 Å². The summed E-state index contributed by atoms with van der Waals surface area (Å²) in [6, 6.07) is 0. The average molecular weight is 290 g/mol. The lowest BCUT2D eigenvalue weighted by Crippen LogP contribution is -2.27. The van der Waals surface area contributed by atoms with Crippen LogP contribution in [-0.2, 0) is 19.1 Å². The van der Waals surface area contributed by atoms with Crippen LogP contribution in [0.25, 0.3) is 0 Å². The van der Waals surface area contributed by atoms with Crippen molar-refractivity contribution >= 4 is 29.7 Å². The molecule has 0 aliphatic carbocycles. The Balaban J connectivity index is 4.08. The van der Waals surface area contributed by atoms with Crippen LogP contribution in [0.1, 0.15) is 26.2 Å². The molecule has 0 amide bonds. The number of carboxylic acid groups (broad SMARTS) is 2. The second-order valence-corrected chi connectivity index (χ2v) is 4.91. The highest BCUT2D eigenvalue weighted by Crippen LogP contribution is 2.10. The van der Waals surface area contributed by atoms with Crippen LogP contribution in [0.3, 0.4) is 0 Å². The number of carbonyl (C=O) groups excluding carboxylic acids is 1. The van der Waals surface area contributed by atoms with E-state index in [2.05, 4.69) is 11.7 Å². The van der Waals surface area contributed by atoms with Crippen molar-refractivity contribution in [1.82, 2.24) is 0 Å². The van der Waals surface area contributed by atoms with Crippen LogP contribution >= 0.6 is 11.8 Å². The summed E-state index contributed by atoms with van der Waals surface area (Å²) < 4.78 is 4.67. The summed E-state index contributed by atoms with van der Waals surface area (Å²) in [6.45, 7) is 2.07. The van der Waals surface area contributed by atoms with Gasteiger partial charge in [0.05, 0.1) is 0 Å². The minimum absolute atomic E-state index is 0.205. The van der Waals surface area contributed by atoms with E-state index in [4.69, 9.17) is 10.2 Å². The van der Waals surface area contributed by atoms with Crippen LogP contribution in [0.4, 0.5) is 0 Å². The molecule has 2 N–H and O–H groups in total. The van der Waals surface area contributed by atoms with E-state index < -0.39 is 24.0 Å². The lowest BCUT2D eigenvalue weighted by Gasteiger charge is -2.12. The maximum Gasteiger partial charge on any atom is 0.345 e. The van der Waals surface area contributed by atoms with E-state index >= 15 is 0 Å². The number of hydrogen-bond acceptors (Lipinski definition) is 5. The van der Waals surface area contributed by atoms with E-state index in [1.807, 2.05) is 0 Å². The summed E-state index contributed by atoms with van der Waals surface area (Å²) in [5.74, 6) is -1.97. The number of hydrogen-bond donors (Lipinski definition) is 2. The van der Waals surface area contributed by atoms with Crippen LogP contribution in [0.2, 0.25) is 0 Å². The normalized spacial score (nSPS) is 12.3. The number of unbranched alkanes of at least 4 members (excludes halogenated alkanes) is 1. The number of esters is 1. The van der Waals surface area contributed by atoms with Gasteiger partial charge in [-0.1, -0.05) is 13.3 Å². The number of carbonyl (C=O) groups is 3. The third-order valence-corrected chi connectivity index (χ3v) is 3.16. The first-order chi connectivity index (χ1) is 8.97. The van der Waals surface area contributed by atoms with Crippen molar-refractivity contribution in [3.05, 3.63) is 12.2 Å². The van der Waals surface area contributed by atoms with Gasteiger partial charge >= 0.3 is 17.9 Å². The number of carboxylic acids is 2. The van der Waals surface area contributed by atoms with E-state index in [1.165, 1.54) is 0 Å². The fraction of sp³-hybridized carbons (Fsp3) is 0.583. The summed E-state index contributed by atoms with van der Waals surface area (Å²) in [6.07, 6.45) is 2.41. The molecule has 0 aromatic rings. The van der Waals surface area contributed by atoms with E-state index in [9.17, 15) is 14.4 Å². The molecule has 19 heavy (non-hydrogen) atoms. The summed E-state index contributed by atoms with van der Waals surface area (Å²) in [4.78, 5) is 32.2. The molecule has 0 fully saturated rings. The minimum Gasteiger partial charge on any atom is -0.479 e. The zero-order valence-electron chi connectivity index (χ0n) is 10.7. The zero-order chi connectivity index (χ0) is 14.7. The molecule has 0 rings (SSSR count). The Morgan fingerprint density at radius 3 is 2.42 bits per heavy atom. The van der Waals surface area contributed by atoms with Gasteiger partial charge in [0.25, 0.3) is 0 Å². The average Bonchev–Trinajstić information content (AvgIpc) is 2.34. The van der Waals surface area contributed by atoms with Gasteiger partial charge in [-0.15, -0.1) is 0 Å². The van der Waals surface area contributed by atoms with E-state index in [0.717, 1.165) is 18.6 Å². The van der Waals surface area contributed by atoms with Crippen molar-refractivity contribution in [2.24, 2.45) is 0 Å². The van der Waals surface area contributed by atoms with Crippen molar-refractivity contribution in [2.45, 2.75) is 32.3 Å². The van der Waals surface area contributed by atoms with Gasteiger partial charge in [-0.05, 0) is 17.9 Å². The number of ether oxygens (including phenoxy) is 1. The predicted molar refractivity (Wildman–Crippen MR) is 71.1 cm³/mol. The molecule has 0 aromatic carbocycles. The lowest BCUT2D eigenvalue weighted by molar-refractivity contribution is -0.160. The molecular formula is C12H18O6S. The van der Waals surface area contributed by atoms with Crippen molar-refractivity contribution in [2.75, 3.05) is 11.5 Å². The van der Waals surface area contributed by atoms with Gasteiger partial charge in [0.1, 0.15) is 0 Å². The van der Waals surface area contributed by atoms with Gasteiger partial charge in [-0.3, -0.25) is 0 Å². The summed E-state index contributed by atoms with van der Waals surface area (Å²) in [5.41, 5.74) is 0. The maximum absolute atomic E-state index is 11.2. The fourth-order valence-corrected chi connectivity index (χ4v) is 2.17. The standard InChI is InChI=1S/C12H18O6S/c1-2-3-7-19-8-6-9(12(16)17)18-11(15)5-4-10(13)14/h4-5,9H,2-3,6-8H2,1H3,(H,13,14)(H,16,17)/b5-4+. The second-order valence-electron chi connectivity index (χ2n) is 3.69. The molecule has 1 atom stereocenters. The zero-order valence-corrected chi connectivity index (χ0v) is 11.5. The first-order valence-electron chi connectivity index (χ1n) is 5.89. The maximum atomic E-state index is 11.2. The largest absolute Gasteiger partial charge is 0.479 e. The third-order valence-electron chi connectivity index (χ3n) is 2.06. The summed E-state index contributed by atoms with van der Waals surface area (Å²) >= 11 is 1.60. The highest BCUT2D eigenvalue weighted by atomic mass is 32.2. The van der Waals surface area contributed by atoms with Crippen LogP contribution in [0.5, 0.6) is 0 Å². The number of aliphatic carboxylic acids is 2. The summed E-state index contributed by atoms with van der Waals surface area (Å²) in [5, 5.41) is 17.2. The molecular weight excluding hydrogens is 272 g/mol. The molecule has 0 saturated heterocycles. The fourth-order valence-electron chi connectivity index (χ4n) is 1.09. The Bertz CT molecular complexity index is 339. The van der Waals surface area contributed by atoms with Crippen LogP contribution in [-0.4, -0.2) is 45.7 Å². The van der Waals surface area contributed by atoms with Gasteiger partial charge in [-0.2, -0.15) is 11.8 Å². The lowest BCUT2D eigenvalue weighted by atomic mass is 10.3. The molecule has 0 heterocycles. The monoisotopic (exact) mass is 290 g/mol. The highest BCUT2D eigenvalue weighted by Gasteiger charge is 2.20. The van der Waals surface area contributed by atoms with E-state index in [-0.39, 0.29) is 6.42 Å². The minimum atomic E-state index is -1.29. The Kier molecular flexibility index (Phi) is 9.60. The van der Waals surface area contributed by atoms with Gasteiger partial charge in [-0.25, -0.2) is 14.4 Å². The highest BCUT2D eigenvalue weighted by molar-refractivity contribution is 7.99. The molecule has 0 aromatic heterocycles.